The molecular weight excluding hydrogens is 92.2 g/mol. The summed E-state index contributed by atoms with van der Waals surface area (Å²) in [7, 11) is -1.68. The minimum absolute atomic E-state index is 0. The Kier molecular flexibility index (Phi) is 1.54. The Morgan fingerprint density at radius 2 is 1.75 bits per heavy atom. The molecule has 0 fully saturated rings. The molecule has 0 aliphatic rings. The van der Waals surface area contributed by atoms with Crippen LogP contribution in [0.3, 0.4) is 0 Å². The third-order valence-corrected chi connectivity index (χ3v) is 0. The first-order valence-electron chi connectivity index (χ1n) is 0.812. The average Bonchev–Trinajstić information content (AvgIpc) is 0.811. The maximum Gasteiger partial charge on any atom is 0.145 e. The molecule has 0 amide bonds. The third kappa shape index (κ3) is 106. The van der Waals surface area contributed by atoms with Gasteiger partial charge in [0.2, 0.25) is 0 Å². The van der Waals surface area contributed by atoms with Gasteiger partial charge in [0, 0.05) is 1.43 Å². The second-order valence-corrected chi connectivity index (χ2v) is 3.51. The molecule has 0 rings (SSSR count). The lowest BCUT2D eigenvalue weighted by Crippen LogP contribution is -1.60. The Labute approximate surface area is 30.3 Å². The van der Waals surface area contributed by atoms with Gasteiger partial charge in [0.15, 0.2) is 0 Å². The first kappa shape index (κ1) is 4.17. The van der Waals surface area contributed by atoms with E-state index in [1.54, 1.807) is 0 Å². The van der Waals surface area contributed by atoms with Crippen molar-refractivity contribution >= 4 is 19.5 Å². The van der Waals surface area contributed by atoms with Crippen LogP contribution in [-0.4, -0.2) is 17.8 Å². The van der Waals surface area contributed by atoms with Crippen molar-refractivity contribution in [3.8, 4) is 0 Å². The van der Waals surface area contributed by atoms with Crippen LogP contribution in [0.2, 0.25) is 0 Å². The molecule has 4 heteroatoms. The van der Waals surface area contributed by atoms with E-state index in [0.717, 1.165) is 0 Å². The molecule has 0 heterocycles. The molecule has 0 spiro atoms. The van der Waals surface area contributed by atoms with E-state index in [1.807, 2.05) is 0 Å². The van der Waals surface area contributed by atoms with E-state index in [0.29, 0.717) is 9.39 Å². The predicted octanol–water partition coefficient (Wildman–Crippen LogP) is -1.88. The van der Waals surface area contributed by atoms with Crippen LogP contribution in [0, 0.1) is 0 Å². The third-order valence-electron chi connectivity index (χ3n) is 0. The highest BCUT2D eigenvalue weighted by molar-refractivity contribution is 7.96. The van der Waals surface area contributed by atoms with Crippen LogP contribution in [0.25, 0.3) is 0 Å². The first-order chi connectivity index (χ1) is 1.73. The van der Waals surface area contributed by atoms with Crippen molar-refractivity contribution in [1.29, 1.82) is 0 Å². The lowest BCUT2D eigenvalue weighted by atomic mass is 15.9. The molecule has 0 aliphatic carbocycles. The Balaban J connectivity index is 0. The van der Waals surface area contributed by atoms with Crippen molar-refractivity contribution in [3.63, 3.8) is 0 Å². The van der Waals surface area contributed by atoms with Gasteiger partial charge in [0.05, 0.1) is 0 Å². The predicted molar refractivity (Wildman–Crippen MR) is 22.4 cm³/mol. The number of hydrogen-bond acceptors (Lipinski definition) is 2. The van der Waals surface area contributed by atoms with E-state index < -0.39 is 10.2 Å². The normalized spacial score (nSPS) is 9.25. The van der Waals surface area contributed by atoms with E-state index in [-0.39, 0.29) is 1.43 Å². The zero-order chi connectivity index (χ0) is 3.58. The molecular formula is H6O2SSi. The van der Waals surface area contributed by atoms with Crippen LogP contribution in [0.1, 0.15) is 1.43 Å². The van der Waals surface area contributed by atoms with E-state index in [2.05, 4.69) is 0 Å². The van der Waals surface area contributed by atoms with Crippen LogP contribution in [0.5, 0.6) is 0 Å². The zero-order valence-electron chi connectivity index (χ0n) is 2.26. The fourth-order valence-electron chi connectivity index (χ4n) is 0. The molecule has 2 nitrogen and oxygen atoms in total. The summed E-state index contributed by atoms with van der Waals surface area (Å²) >= 11 is 0. The molecule has 0 radical (unpaired) electrons. The molecule has 0 bridgehead atoms. The number of hydrogen-bond donors (Lipinski definition) is 1. The van der Waals surface area contributed by atoms with Crippen molar-refractivity contribution in [2.75, 3.05) is 0 Å². The maximum atomic E-state index is 9.10. The fraction of sp³-hybridized carbons (Fsp3) is 0. The van der Waals surface area contributed by atoms with Crippen molar-refractivity contribution < 1.29 is 9.84 Å². The summed E-state index contributed by atoms with van der Waals surface area (Å²) < 4.78 is 18.2. The van der Waals surface area contributed by atoms with E-state index >= 15 is 0 Å². The molecule has 0 saturated carbocycles. The van der Waals surface area contributed by atoms with Gasteiger partial charge in [0.25, 0.3) is 0 Å². The quantitative estimate of drug-likeness (QED) is 0.284. The van der Waals surface area contributed by atoms with Crippen molar-refractivity contribution in [2.45, 2.75) is 0 Å². The SMILES string of the molecule is O=[SH](=O)[SiH3].[HH]. The second-order valence-electron chi connectivity index (χ2n) is 0.440. The summed E-state index contributed by atoms with van der Waals surface area (Å²) in [6.07, 6.45) is 0. The van der Waals surface area contributed by atoms with Gasteiger partial charge in [-0.1, -0.05) is 0 Å². The summed E-state index contributed by atoms with van der Waals surface area (Å²) in [5.74, 6) is 0. The Bertz CT molecular complexity index is 58.0. The molecule has 0 atom stereocenters. The van der Waals surface area contributed by atoms with Gasteiger partial charge in [0.1, 0.15) is 19.5 Å². The smallest absolute Gasteiger partial charge is 0.145 e. The molecule has 0 unspecified atom stereocenters. The highest BCUT2D eigenvalue weighted by atomic mass is 32.4. The van der Waals surface area contributed by atoms with Crippen molar-refractivity contribution in [2.24, 2.45) is 0 Å². The summed E-state index contributed by atoms with van der Waals surface area (Å²) in [6.45, 7) is 0. The van der Waals surface area contributed by atoms with Gasteiger partial charge in [-0.15, -0.1) is 0 Å². The van der Waals surface area contributed by atoms with Crippen molar-refractivity contribution in [3.05, 3.63) is 0 Å². The summed E-state index contributed by atoms with van der Waals surface area (Å²) in [5, 5.41) is 0. The molecule has 0 aliphatic heterocycles. The largest absolute Gasteiger partial charge is 0.240 e. The highest BCUT2D eigenvalue weighted by Crippen LogP contribution is 1.25. The van der Waals surface area contributed by atoms with Gasteiger partial charge in [-0.2, -0.15) is 0 Å². The standard InChI is InChI=1S/H4O2SSi.H2/c1-3(2)4;/h3H,4H3;1H. The molecule has 0 aromatic carbocycles. The van der Waals surface area contributed by atoms with Crippen LogP contribution >= 0.6 is 0 Å². The average molecular weight is 98.2 g/mol. The lowest BCUT2D eigenvalue weighted by molar-refractivity contribution is 0.626. The Hall–Kier alpha value is 0.167. The van der Waals surface area contributed by atoms with Crippen LogP contribution < -0.4 is 0 Å². The fourth-order valence-corrected chi connectivity index (χ4v) is 0. The zero-order valence-corrected chi connectivity index (χ0v) is 5.16. The summed E-state index contributed by atoms with van der Waals surface area (Å²) in [4.78, 5) is 0. The summed E-state index contributed by atoms with van der Waals surface area (Å²) in [6, 6.07) is 0. The molecule has 0 aromatic heterocycles. The van der Waals surface area contributed by atoms with E-state index in [1.165, 1.54) is 0 Å². The molecule has 0 saturated heterocycles. The second kappa shape index (κ2) is 1.48. The van der Waals surface area contributed by atoms with E-state index in [9.17, 15) is 0 Å². The minimum Gasteiger partial charge on any atom is -0.240 e. The van der Waals surface area contributed by atoms with Gasteiger partial charge in [-0.3, -0.25) is 0 Å². The van der Waals surface area contributed by atoms with E-state index in [4.69, 9.17) is 8.42 Å². The highest BCUT2D eigenvalue weighted by Gasteiger charge is 1.46. The lowest BCUT2D eigenvalue weighted by Gasteiger charge is -1.40. The van der Waals surface area contributed by atoms with Crippen LogP contribution in [0.4, 0.5) is 0 Å². The molecule has 0 N–H and O–H groups in total. The number of rotatable bonds is 0. The maximum absolute atomic E-state index is 9.10. The van der Waals surface area contributed by atoms with Gasteiger partial charge >= 0.3 is 0 Å². The van der Waals surface area contributed by atoms with Gasteiger partial charge in [-0.05, 0) is 0 Å². The summed E-state index contributed by atoms with van der Waals surface area (Å²) in [5.41, 5.74) is 0. The number of thiol groups is 1. The first-order valence-corrected chi connectivity index (χ1v) is 5.12. The Morgan fingerprint density at radius 3 is 1.75 bits per heavy atom. The van der Waals surface area contributed by atoms with Crippen molar-refractivity contribution in [1.82, 2.24) is 0 Å². The van der Waals surface area contributed by atoms with Crippen LogP contribution in [-0.2, 0) is 10.2 Å². The minimum atomic E-state index is -1.98. The van der Waals surface area contributed by atoms with Gasteiger partial charge < -0.3 is 0 Å². The molecule has 28 valence electrons. The molecule has 4 heavy (non-hydrogen) atoms. The Morgan fingerprint density at radius 1 is 1.75 bits per heavy atom. The van der Waals surface area contributed by atoms with Crippen LogP contribution in [0.15, 0.2) is 0 Å². The monoisotopic (exact) mass is 98.0 g/mol. The molecule has 0 aromatic rings. The topological polar surface area (TPSA) is 34.1 Å². The van der Waals surface area contributed by atoms with Gasteiger partial charge in [-0.25, -0.2) is 8.42 Å².